The molecule has 1 fully saturated rings. The molecular weight excluding hydrogens is 400 g/mol. The highest BCUT2D eigenvalue weighted by Gasteiger charge is 2.68. The van der Waals surface area contributed by atoms with E-state index in [1.165, 1.54) is 16.7 Å². The summed E-state index contributed by atoms with van der Waals surface area (Å²) in [5.74, 6) is 0. The van der Waals surface area contributed by atoms with Crippen molar-refractivity contribution in [3.05, 3.63) is 34.9 Å². The van der Waals surface area contributed by atoms with Crippen LogP contribution in [-0.4, -0.2) is 11.7 Å². The summed E-state index contributed by atoms with van der Waals surface area (Å²) >= 11 is 0. The molecule has 1 heteroatoms. The van der Waals surface area contributed by atoms with Crippen molar-refractivity contribution in [3.63, 3.8) is 0 Å². The third kappa shape index (κ3) is 6.65. The zero-order valence-corrected chi connectivity index (χ0v) is 25.7. The molecule has 1 aliphatic rings. The minimum absolute atomic E-state index is 0.0179. The average molecular weight is 459 g/mol. The van der Waals surface area contributed by atoms with Gasteiger partial charge in [0.25, 0.3) is 0 Å². The lowest BCUT2D eigenvalue weighted by Crippen LogP contribution is -2.44. The Morgan fingerprint density at radius 3 is 1.12 bits per heavy atom. The minimum Gasteiger partial charge on any atom is -0.360 e. The summed E-state index contributed by atoms with van der Waals surface area (Å²) in [5, 5.41) is 0. The molecular formula is C32H58O. The molecule has 1 nitrogen and oxygen atoms in total. The van der Waals surface area contributed by atoms with Crippen molar-refractivity contribution in [2.75, 3.05) is 0 Å². The van der Waals surface area contributed by atoms with Crippen LogP contribution < -0.4 is 0 Å². The molecule has 0 aromatic carbocycles. The van der Waals surface area contributed by atoms with Gasteiger partial charge in [0.15, 0.2) is 0 Å². The van der Waals surface area contributed by atoms with Crippen molar-refractivity contribution in [2.24, 2.45) is 32.5 Å². The third-order valence-electron chi connectivity index (χ3n) is 7.14. The molecule has 1 rings (SSSR count). The van der Waals surface area contributed by atoms with Gasteiger partial charge in [0, 0.05) is 0 Å². The first-order chi connectivity index (χ1) is 14.2. The lowest BCUT2D eigenvalue weighted by Gasteiger charge is -2.39. The summed E-state index contributed by atoms with van der Waals surface area (Å²) in [6, 6.07) is 0. The highest BCUT2D eigenvalue weighted by atomic mass is 16.6. The Labute approximate surface area is 208 Å². The normalized spacial score (nSPS) is 21.2. The minimum atomic E-state index is -0.155. The lowest BCUT2D eigenvalue weighted by atomic mass is 9.63. The van der Waals surface area contributed by atoms with Crippen LogP contribution in [0.5, 0.6) is 0 Å². The van der Waals surface area contributed by atoms with E-state index in [2.05, 4.69) is 143 Å². The van der Waals surface area contributed by atoms with Gasteiger partial charge < -0.3 is 4.74 Å². The number of hydrogen-bond acceptors (Lipinski definition) is 1. The molecule has 0 bridgehead atoms. The van der Waals surface area contributed by atoms with Crippen LogP contribution in [0.3, 0.4) is 0 Å². The van der Waals surface area contributed by atoms with Gasteiger partial charge in [-0.15, -0.1) is 0 Å². The molecule has 0 aromatic rings. The predicted molar refractivity (Wildman–Crippen MR) is 149 cm³/mol. The van der Waals surface area contributed by atoms with E-state index in [0.717, 1.165) is 0 Å². The van der Waals surface area contributed by atoms with Crippen LogP contribution in [-0.2, 0) is 4.74 Å². The molecule has 1 saturated heterocycles. The zero-order valence-electron chi connectivity index (χ0n) is 25.7. The van der Waals surface area contributed by atoms with Gasteiger partial charge in [-0.25, -0.2) is 0 Å². The molecule has 0 N–H and O–H groups in total. The Balaban J connectivity index is 3.81. The summed E-state index contributed by atoms with van der Waals surface area (Å²) in [7, 11) is 0. The molecule has 0 aliphatic carbocycles. The van der Waals surface area contributed by atoms with Crippen molar-refractivity contribution < 1.29 is 4.74 Å². The number of hydrogen-bond donors (Lipinski definition) is 0. The van der Waals surface area contributed by atoms with Gasteiger partial charge in [0.2, 0.25) is 0 Å². The van der Waals surface area contributed by atoms with Crippen LogP contribution in [0.2, 0.25) is 0 Å². The highest BCUT2D eigenvalue weighted by molar-refractivity contribution is 5.45. The summed E-state index contributed by atoms with van der Waals surface area (Å²) in [5.41, 5.74) is 4.55. The van der Waals surface area contributed by atoms with Crippen molar-refractivity contribution in [2.45, 2.75) is 136 Å². The smallest absolute Gasteiger partial charge is 0.108 e. The molecule has 0 aromatic heterocycles. The Hall–Kier alpha value is -0.820. The maximum Gasteiger partial charge on any atom is 0.108 e. The van der Waals surface area contributed by atoms with Crippen molar-refractivity contribution in [1.82, 2.24) is 0 Å². The van der Waals surface area contributed by atoms with E-state index in [0.29, 0.717) is 0 Å². The number of epoxide rings is 1. The Morgan fingerprint density at radius 1 is 0.515 bits per heavy atom. The maximum absolute atomic E-state index is 6.64. The van der Waals surface area contributed by atoms with Gasteiger partial charge in [-0.2, -0.15) is 0 Å². The van der Waals surface area contributed by atoms with E-state index in [-0.39, 0.29) is 44.2 Å². The summed E-state index contributed by atoms with van der Waals surface area (Å²) in [4.78, 5) is 0. The first kappa shape index (κ1) is 30.2. The van der Waals surface area contributed by atoms with Crippen LogP contribution in [0.25, 0.3) is 0 Å². The SMILES string of the molecule is CC(C)(C)C(=C/C=C(\C(=C/C1OC1(C(C)(C)C)C(C)(C)C)C(C)(C)C)C(C)(C)C)C(C)(C)C. The highest BCUT2D eigenvalue weighted by Crippen LogP contribution is 2.61. The van der Waals surface area contributed by atoms with Crippen LogP contribution in [0, 0.1) is 32.5 Å². The zero-order chi connectivity index (χ0) is 26.6. The Morgan fingerprint density at radius 2 is 0.879 bits per heavy atom. The quantitative estimate of drug-likeness (QED) is 0.302. The molecule has 1 heterocycles. The first-order valence-corrected chi connectivity index (χ1v) is 13.0. The summed E-state index contributed by atoms with van der Waals surface area (Å²) < 4.78 is 6.64. The van der Waals surface area contributed by atoms with Gasteiger partial charge in [0.05, 0.1) is 0 Å². The number of rotatable bonds is 3. The monoisotopic (exact) mass is 458 g/mol. The molecule has 192 valence electrons. The Bertz CT molecular complexity index is 758. The predicted octanol–water partition coefficient (Wildman–Crippen LogP) is 10.2. The molecule has 0 saturated carbocycles. The fourth-order valence-corrected chi connectivity index (χ4v) is 6.08. The van der Waals surface area contributed by atoms with E-state index in [1.54, 1.807) is 0 Å². The summed E-state index contributed by atoms with van der Waals surface area (Å²) in [6.07, 6.45) is 7.43. The van der Waals surface area contributed by atoms with Crippen molar-refractivity contribution >= 4 is 0 Å². The fourth-order valence-electron chi connectivity index (χ4n) is 6.08. The van der Waals surface area contributed by atoms with Gasteiger partial charge in [-0.1, -0.05) is 142 Å². The van der Waals surface area contributed by atoms with Gasteiger partial charge in [0.1, 0.15) is 11.7 Å². The standard InChI is InChI=1S/C32H58O/c1-26(2,3)22(19-20-24(28(7,8)9)29(10,11)12)23(27(4,5)6)21-25-32(33-25,30(13,14)15)31(16,17)18/h19-21,25H,1-18H3/b22-19+,23-21+. The van der Waals surface area contributed by atoms with E-state index < -0.39 is 0 Å². The second kappa shape index (κ2) is 8.69. The third-order valence-corrected chi connectivity index (χ3v) is 7.14. The fraction of sp³-hybridized carbons (Fsp3) is 0.812. The lowest BCUT2D eigenvalue weighted by molar-refractivity contribution is 0.0488. The molecule has 1 unspecified atom stereocenters. The van der Waals surface area contributed by atoms with E-state index in [1.807, 2.05) is 0 Å². The van der Waals surface area contributed by atoms with Crippen LogP contribution in [0.1, 0.15) is 125 Å². The largest absolute Gasteiger partial charge is 0.360 e. The van der Waals surface area contributed by atoms with E-state index >= 15 is 0 Å². The van der Waals surface area contributed by atoms with Crippen LogP contribution >= 0.6 is 0 Å². The molecule has 0 amide bonds. The molecule has 1 aliphatic heterocycles. The maximum atomic E-state index is 6.64. The molecule has 33 heavy (non-hydrogen) atoms. The first-order valence-electron chi connectivity index (χ1n) is 13.0. The number of allylic oxidation sites excluding steroid dienone is 5. The van der Waals surface area contributed by atoms with Crippen LogP contribution in [0.4, 0.5) is 0 Å². The van der Waals surface area contributed by atoms with Gasteiger partial charge in [-0.3, -0.25) is 0 Å². The topological polar surface area (TPSA) is 12.5 Å². The van der Waals surface area contributed by atoms with Crippen LogP contribution in [0.15, 0.2) is 34.9 Å². The van der Waals surface area contributed by atoms with E-state index in [4.69, 9.17) is 4.74 Å². The summed E-state index contributed by atoms with van der Waals surface area (Å²) in [6.45, 7) is 42.0. The second-order valence-electron chi connectivity index (χ2n) is 16.5. The van der Waals surface area contributed by atoms with Crippen molar-refractivity contribution in [3.8, 4) is 0 Å². The van der Waals surface area contributed by atoms with E-state index in [9.17, 15) is 0 Å². The molecule has 0 radical (unpaired) electrons. The molecule has 1 atom stereocenters. The second-order valence-corrected chi connectivity index (χ2v) is 16.5. The molecule has 0 spiro atoms. The van der Waals surface area contributed by atoms with Crippen molar-refractivity contribution in [1.29, 1.82) is 0 Å². The van der Waals surface area contributed by atoms with Gasteiger partial charge >= 0.3 is 0 Å². The average Bonchev–Trinajstić information content (AvgIpc) is 3.20. The van der Waals surface area contributed by atoms with Gasteiger partial charge in [-0.05, 0) is 49.7 Å². The Kier molecular flexibility index (Phi) is 7.95. The number of ether oxygens (including phenoxy) is 1.